The van der Waals surface area contributed by atoms with Crippen LogP contribution in [0.5, 0.6) is 11.5 Å². The molecule has 0 aliphatic rings. The minimum absolute atomic E-state index is 0.109. The molecule has 1 atom stereocenters. The van der Waals surface area contributed by atoms with Gasteiger partial charge >= 0.3 is 0 Å². The molecule has 2 aromatic carbocycles. The van der Waals surface area contributed by atoms with Crippen molar-refractivity contribution in [3.05, 3.63) is 57.8 Å². The van der Waals surface area contributed by atoms with Crippen LogP contribution in [0.1, 0.15) is 24.1 Å². The second-order valence-corrected chi connectivity index (χ2v) is 5.15. The normalized spacial score (nSPS) is 11.8. The zero-order valence-corrected chi connectivity index (χ0v) is 12.3. The van der Waals surface area contributed by atoms with E-state index in [1.54, 1.807) is 24.3 Å². The van der Waals surface area contributed by atoms with E-state index in [0.29, 0.717) is 5.75 Å². The maximum Gasteiger partial charge on any atom is 0.148 e. The van der Waals surface area contributed by atoms with Gasteiger partial charge in [0.1, 0.15) is 28.9 Å². The predicted octanol–water partition coefficient (Wildman–Crippen LogP) is 4.27. The first-order valence-electron chi connectivity index (χ1n) is 5.94. The molecular formula is C15H12BrFN2O. The Kier molecular flexibility index (Phi) is 4.38. The highest BCUT2D eigenvalue weighted by molar-refractivity contribution is 9.10. The molecule has 0 saturated heterocycles. The Balaban J connectivity index is 2.34. The first-order valence-corrected chi connectivity index (χ1v) is 6.73. The molecule has 0 aliphatic heterocycles. The Morgan fingerprint density at radius 3 is 2.70 bits per heavy atom. The Bertz CT molecular complexity index is 680. The molecule has 0 spiro atoms. The highest BCUT2D eigenvalue weighted by Gasteiger charge is 2.11. The average molecular weight is 335 g/mol. The molecular weight excluding hydrogens is 323 g/mol. The van der Waals surface area contributed by atoms with Gasteiger partial charge in [-0.1, -0.05) is 28.1 Å². The van der Waals surface area contributed by atoms with E-state index in [1.807, 2.05) is 13.0 Å². The third-order valence-corrected chi connectivity index (χ3v) is 3.46. The summed E-state index contributed by atoms with van der Waals surface area (Å²) in [4.78, 5) is 0. The molecule has 20 heavy (non-hydrogen) atoms. The number of nitrogens with zero attached hydrogens (tertiary/aromatic N) is 1. The Morgan fingerprint density at radius 2 is 2.10 bits per heavy atom. The molecule has 0 unspecified atom stereocenters. The zero-order chi connectivity index (χ0) is 14.7. The lowest BCUT2D eigenvalue weighted by Gasteiger charge is -2.12. The van der Waals surface area contributed by atoms with Crippen molar-refractivity contribution in [3.8, 4) is 17.6 Å². The van der Waals surface area contributed by atoms with Crippen molar-refractivity contribution >= 4 is 15.9 Å². The van der Waals surface area contributed by atoms with Gasteiger partial charge in [-0.2, -0.15) is 5.26 Å². The van der Waals surface area contributed by atoms with Crippen molar-refractivity contribution < 1.29 is 9.13 Å². The minimum Gasteiger partial charge on any atom is -0.456 e. The zero-order valence-electron chi connectivity index (χ0n) is 10.7. The number of hydrogen-bond donors (Lipinski definition) is 1. The van der Waals surface area contributed by atoms with E-state index >= 15 is 0 Å². The molecule has 2 rings (SSSR count). The summed E-state index contributed by atoms with van der Waals surface area (Å²) in [7, 11) is 0. The largest absolute Gasteiger partial charge is 0.456 e. The maximum atomic E-state index is 13.5. The molecule has 5 heteroatoms. The minimum atomic E-state index is -0.601. The van der Waals surface area contributed by atoms with Crippen LogP contribution in [0.2, 0.25) is 0 Å². The van der Waals surface area contributed by atoms with Crippen LogP contribution in [-0.4, -0.2) is 0 Å². The van der Waals surface area contributed by atoms with E-state index in [1.165, 1.54) is 12.1 Å². The fourth-order valence-electron chi connectivity index (χ4n) is 1.77. The van der Waals surface area contributed by atoms with E-state index in [-0.39, 0.29) is 17.4 Å². The molecule has 102 valence electrons. The van der Waals surface area contributed by atoms with Gasteiger partial charge in [0.15, 0.2) is 0 Å². The first-order chi connectivity index (χ1) is 9.52. The molecule has 2 aromatic rings. The third kappa shape index (κ3) is 2.98. The molecule has 2 N–H and O–H groups in total. The Morgan fingerprint density at radius 1 is 1.35 bits per heavy atom. The van der Waals surface area contributed by atoms with Crippen LogP contribution in [0.3, 0.4) is 0 Å². The molecule has 3 nitrogen and oxygen atoms in total. The average Bonchev–Trinajstić information content (AvgIpc) is 2.38. The topological polar surface area (TPSA) is 59.0 Å². The van der Waals surface area contributed by atoms with Crippen LogP contribution in [0.25, 0.3) is 0 Å². The number of hydrogen-bond acceptors (Lipinski definition) is 3. The van der Waals surface area contributed by atoms with Gasteiger partial charge in [-0.15, -0.1) is 0 Å². The first kappa shape index (κ1) is 14.5. The fraction of sp³-hybridized carbons (Fsp3) is 0.133. The van der Waals surface area contributed by atoms with Crippen molar-refractivity contribution in [1.82, 2.24) is 0 Å². The summed E-state index contributed by atoms with van der Waals surface area (Å²) >= 11 is 3.41. The van der Waals surface area contributed by atoms with Crippen molar-refractivity contribution in [1.29, 1.82) is 5.26 Å². The number of rotatable bonds is 3. The molecule has 0 aliphatic carbocycles. The van der Waals surface area contributed by atoms with Gasteiger partial charge in [0, 0.05) is 10.5 Å². The molecule has 0 bridgehead atoms. The highest BCUT2D eigenvalue weighted by atomic mass is 79.9. The molecule has 0 heterocycles. The SMILES string of the molecule is C[C@@H](N)c1ccc(Oc2cccc(F)c2C#N)cc1Br. The summed E-state index contributed by atoms with van der Waals surface area (Å²) in [6.07, 6.45) is 0. The third-order valence-electron chi connectivity index (χ3n) is 2.78. The van der Waals surface area contributed by atoms with Crippen molar-refractivity contribution in [2.45, 2.75) is 13.0 Å². The Labute approximate surface area is 124 Å². The highest BCUT2D eigenvalue weighted by Crippen LogP contribution is 2.31. The Hall–Kier alpha value is -1.90. The number of nitrogens with two attached hydrogens (primary N) is 1. The summed E-state index contributed by atoms with van der Waals surface area (Å²) in [5, 5.41) is 8.95. The molecule has 0 fully saturated rings. The summed E-state index contributed by atoms with van der Waals surface area (Å²) in [6.45, 7) is 1.88. The van der Waals surface area contributed by atoms with Gasteiger partial charge in [-0.3, -0.25) is 0 Å². The van der Waals surface area contributed by atoms with E-state index in [2.05, 4.69) is 15.9 Å². The number of halogens is 2. The number of ether oxygens (including phenoxy) is 1. The van der Waals surface area contributed by atoms with Gasteiger partial charge in [-0.25, -0.2) is 4.39 Å². The monoisotopic (exact) mass is 334 g/mol. The standard InChI is InChI=1S/C15H12BrFN2O/c1-9(19)11-6-5-10(7-13(11)16)20-15-4-2-3-14(17)12(15)8-18/h2-7,9H,19H2,1H3/t9-/m1/s1. The lowest BCUT2D eigenvalue weighted by Crippen LogP contribution is -2.05. The molecule has 0 radical (unpaired) electrons. The van der Waals surface area contributed by atoms with Crippen LogP contribution >= 0.6 is 15.9 Å². The molecule has 0 saturated carbocycles. The number of benzene rings is 2. The van der Waals surface area contributed by atoms with E-state index in [4.69, 9.17) is 15.7 Å². The van der Waals surface area contributed by atoms with Crippen LogP contribution in [-0.2, 0) is 0 Å². The summed E-state index contributed by atoms with van der Waals surface area (Å²) in [6, 6.07) is 11.3. The summed E-state index contributed by atoms with van der Waals surface area (Å²) in [5.74, 6) is 0.0904. The van der Waals surface area contributed by atoms with E-state index < -0.39 is 5.82 Å². The van der Waals surface area contributed by atoms with E-state index in [9.17, 15) is 4.39 Å². The smallest absolute Gasteiger partial charge is 0.148 e. The predicted molar refractivity (Wildman–Crippen MR) is 77.9 cm³/mol. The van der Waals surface area contributed by atoms with Crippen LogP contribution in [0, 0.1) is 17.1 Å². The van der Waals surface area contributed by atoms with Gasteiger partial charge in [-0.05, 0) is 36.8 Å². The lowest BCUT2D eigenvalue weighted by atomic mass is 10.1. The lowest BCUT2D eigenvalue weighted by molar-refractivity contribution is 0.473. The fourth-order valence-corrected chi connectivity index (χ4v) is 2.48. The van der Waals surface area contributed by atoms with Crippen molar-refractivity contribution in [2.24, 2.45) is 5.73 Å². The van der Waals surface area contributed by atoms with Crippen molar-refractivity contribution in [3.63, 3.8) is 0 Å². The maximum absolute atomic E-state index is 13.5. The van der Waals surface area contributed by atoms with Gasteiger partial charge in [0.05, 0.1) is 0 Å². The van der Waals surface area contributed by atoms with Gasteiger partial charge in [0.25, 0.3) is 0 Å². The van der Waals surface area contributed by atoms with Crippen LogP contribution in [0.4, 0.5) is 4.39 Å². The second-order valence-electron chi connectivity index (χ2n) is 4.30. The van der Waals surface area contributed by atoms with Gasteiger partial charge in [0.2, 0.25) is 0 Å². The number of nitriles is 1. The summed E-state index contributed by atoms with van der Waals surface area (Å²) in [5.41, 5.74) is 6.65. The van der Waals surface area contributed by atoms with Crippen LogP contribution < -0.4 is 10.5 Å². The van der Waals surface area contributed by atoms with E-state index in [0.717, 1.165) is 10.0 Å². The van der Waals surface area contributed by atoms with Gasteiger partial charge < -0.3 is 10.5 Å². The quantitative estimate of drug-likeness (QED) is 0.911. The second kappa shape index (κ2) is 6.04. The molecule has 0 amide bonds. The molecule has 0 aromatic heterocycles. The van der Waals surface area contributed by atoms with Crippen molar-refractivity contribution in [2.75, 3.05) is 0 Å². The summed E-state index contributed by atoms with van der Waals surface area (Å²) < 4.78 is 19.8. The van der Waals surface area contributed by atoms with Crippen LogP contribution in [0.15, 0.2) is 40.9 Å².